The molecule has 248 valence electrons. The number of methoxy groups -OCH3 is 1. The van der Waals surface area contributed by atoms with Crippen molar-refractivity contribution < 1.29 is 22.7 Å². The quantitative estimate of drug-likeness (QED) is 0.129. The number of nitrogens with zero attached hydrogens (tertiary/aromatic N) is 1. The van der Waals surface area contributed by atoms with Crippen molar-refractivity contribution in [3.63, 3.8) is 0 Å². The number of anilines is 1. The summed E-state index contributed by atoms with van der Waals surface area (Å²) in [6.45, 7) is 3.35. The molecule has 7 nitrogen and oxygen atoms in total. The maximum atomic E-state index is 14.5. The number of hydrogen-bond donors (Lipinski definition) is 1. The highest BCUT2D eigenvalue weighted by Crippen LogP contribution is 2.42. The lowest BCUT2D eigenvalue weighted by atomic mass is 9.96. The Bertz CT molecular complexity index is 2190. The minimum atomic E-state index is -3.75. The highest BCUT2D eigenvalue weighted by molar-refractivity contribution is 7.92. The van der Waals surface area contributed by atoms with Crippen LogP contribution in [0.4, 0.5) is 5.69 Å². The van der Waals surface area contributed by atoms with Crippen LogP contribution in [0, 0.1) is 0 Å². The molecule has 49 heavy (non-hydrogen) atoms. The van der Waals surface area contributed by atoms with E-state index < -0.39 is 10.0 Å². The molecule has 0 amide bonds. The smallest absolute Gasteiger partial charge is 0.261 e. The fraction of sp³-hybridized carbons (Fsp3) is 0.175. The fourth-order valence-electron chi connectivity index (χ4n) is 6.18. The molecule has 1 aliphatic heterocycles. The molecule has 0 saturated carbocycles. The zero-order valence-electron chi connectivity index (χ0n) is 27.1. The number of nitrogens with one attached hydrogen (secondary N) is 1. The second-order valence-corrected chi connectivity index (χ2v) is 14.8. The van der Waals surface area contributed by atoms with E-state index in [1.807, 2.05) is 78.9 Å². The Labute approximate surface area is 290 Å². The van der Waals surface area contributed by atoms with Crippen LogP contribution >= 0.6 is 11.3 Å². The van der Waals surface area contributed by atoms with Crippen LogP contribution in [0.15, 0.2) is 126 Å². The molecular formula is C40H36N2O5S2. The zero-order chi connectivity index (χ0) is 33.8. The lowest BCUT2D eigenvalue weighted by molar-refractivity contribution is 0.104. The Morgan fingerprint density at radius 1 is 0.837 bits per heavy atom. The Morgan fingerprint density at radius 3 is 2.27 bits per heavy atom. The van der Waals surface area contributed by atoms with Gasteiger partial charge in [-0.3, -0.25) is 14.4 Å². The third-order valence-electron chi connectivity index (χ3n) is 8.73. The van der Waals surface area contributed by atoms with Gasteiger partial charge in [-0.05, 0) is 85.6 Å². The van der Waals surface area contributed by atoms with Gasteiger partial charge in [-0.2, -0.15) is 0 Å². The van der Waals surface area contributed by atoms with Gasteiger partial charge in [-0.1, -0.05) is 72.8 Å². The van der Waals surface area contributed by atoms with E-state index in [1.165, 1.54) is 24.2 Å². The van der Waals surface area contributed by atoms with Crippen LogP contribution in [-0.4, -0.2) is 39.3 Å². The van der Waals surface area contributed by atoms with Crippen LogP contribution in [0.25, 0.3) is 20.5 Å². The molecule has 7 rings (SSSR count). The van der Waals surface area contributed by atoms with Crippen molar-refractivity contribution in [1.82, 2.24) is 4.90 Å². The molecule has 1 aromatic heterocycles. The molecule has 1 aliphatic rings. The van der Waals surface area contributed by atoms with E-state index in [1.54, 1.807) is 49.6 Å². The molecule has 2 heterocycles. The molecule has 1 saturated heterocycles. The van der Waals surface area contributed by atoms with Crippen molar-refractivity contribution in [3.8, 4) is 21.9 Å². The van der Waals surface area contributed by atoms with E-state index in [-0.39, 0.29) is 10.7 Å². The maximum Gasteiger partial charge on any atom is 0.261 e. The zero-order valence-corrected chi connectivity index (χ0v) is 28.7. The molecule has 0 bridgehead atoms. The van der Waals surface area contributed by atoms with Crippen LogP contribution in [0.2, 0.25) is 0 Å². The highest BCUT2D eigenvalue weighted by Gasteiger charge is 2.24. The number of fused-ring (bicyclic) bond motifs is 1. The molecule has 0 radical (unpaired) electrons. The Morgan fingerprint density at radius 2 is 1.55 bits per heavy atom. The number of carbonyl (C=O) groups is 1. The van der Waals surface area contributed by atoms with E-state index in [0.717, 1.165) is 51.3 Å². The summed E-state index contributed by atoms with van der Waals surface area (Å²) in [4.78, 5) is 17.8. The summed E-state index contributed by atoms with van der Waals surface area (Å²) < 4.78 is 41.4. The molecule has 1 N–H and O–H groups in total. The summed E-state index contributed by atoms with van der Waals surface area (Å²) in [5, 5.41) is 0.825. The number of ketones is 1. The third kappa shape index (κ3) is 7.24. The summed E-state index contributed by atoms with van der Waals surface area (Å²) in [5.74, 6) is 1.30. The van der Waals surface area contributed by atoms with Gasteiger partial charge in [0.25, 0.3) is 10.0 Å². The normalized spacial score (nSPS) is 13.4. The summed E-state index contributed by atoms with van der Waals surface area (Å²) >= 11 is 1.51. The molecule has 0 aliphatic carbocycles. The van der Waals surface area contributed by atoms with Crippen LogP contribution in [0.3, 0.4) is 0 Å². The minimum absolute atomic E-state index is 0.112. The van der Waals surface area contributed by atoms with Crippen LogP contribution in [0.5, 0.6) is 11.5 Å². The van der Waals surface area contributed by atoms with Crippen molar-refractivity contribution >= 4 is 42.9 Å². The number of hydrogen-bond acceptors (Lipinski definition) is 7. The van der Waals surface area contributed by atoms with E-state index >= 15 is 0 Å². The van der Waals surface area contributed by atoms with Gasteiger partial charge in [0.1, 0.15) is 18.1 Å². The van der Waals surface area contributed by atoms with Crippen LogP contribution in [-0.2, 0) is 23.2 Å². The number of sulfonamides is 1. The molecule has 9 heteroatoms. The second kappa shape index (κ2) is 14.3. The summed E-state index contributed by atoms with van der Waals surface area (Å²) in [6.07, 6.45) is 2.40. The monoisotopic (exact) mass is 688 g/mol. The first-order chi connectivity index (χ1) is 23.9. The molecule has 6 aromatic rings. The molecule has 0 atom stereocenters. The van der Waals surface area contributed by atoms with Gasteiger partial charge < -0.3 is 9.47 Å². The SMILES string of the molecule is COc1cc(C(=O)c2c(-c3ccc(NS(=O)(=O)c4ccccc4)cc3)sc3cc(OCc4ccccc4)ccc23)ccc1CN1CCCC1. The molecule has 0 unspecified atom stereocenters. The Hall–Kier alpha value is -4.96. The van der Waals surface area contributed by atoms with Crippen LogP contribution < -0.4 is 14.2 Å². The number of benzene rings is 5. The van der Waals surface area contributed by atoms with Crippen molar-refractivity contribution in [3.05, 3.63) is 144 Å². The predicted molar refractivity (Wildman–Crippen MR) is 196 cm³/mol. The highest BCUT2D eigenvalue weighted by atomic mass is 32.2. The molecule has 5 aromatic carbocycles. The Kier molecular flexibility index (Phi) is 9.48. The summed E-state index contributed by atoms with van der Waals surface area (Å²) in [7, 11) is -2.10. The second-order valence-electron chi connectivity index (χ2n) is 12.1. The molecule has 1 fully saturated rings. The number of thiophene rings is 1. The van der Waals surface area contributed by atoms with Crippen molar-refractivity contribution in [2.24, 2.45) is 0 Å². The van der Waals surface area contributed by atoms with Gasteiger partial charge in [0.2, 0.25) is 0 Å². The first kappa shape index (κ1) is 32.6. The van der Waals surface area contributed by atoms with Crippen molar-refractivity contribution in [2.45, 2.75) is 30.9 Å². The fourth-order valence-corrected chi connectivity index (χ4v) is 8.50. The van der Waals surface area contributed by atoms with Gasteiger partial charge in [0.05, 0.1) is 12.0 Å². The number of carbonyl (C=O) groups excluding carboxylic acids is 1. The number of rotatable bonds is 12. The average molecular weight is 689 g/mol. The van der Waals surface area contributed by atoms with Gasteiger partial charge in [0, 0.05) is 43.9 Å². The van der Waals surface area contributed by atoms with E-state index in [2.05, 4.69) is 9.62 Å². The lowest BCUT2D eigenvalue weighted by Gasteiger charge is -2.17. The Balaban J connectivity index is 1.24. The van der Waals surface area contributed by atoms with E-state index in [9.17, 15) is 13.2 Å². The van der Waals surface area contributed by atoms with Crippen molar-refractivity contribution in [1.29, 1.82) is 0 Å². The first-order valence-corrected chi connectivity index (χ1v) is 18.5. The topological polar surface area (TPSA) is 84.9 Å². The average Bonchev–Trinajstić information content (AvgIpc) is 3.79. The number of ether oxygens (including phenoxy) is 2. The van der Waals surface area contributed by atoms with Gasteiger partial charge in [-0.25, -0.2) is 8.42 Å². The molecule has 0 spiro atoms. The summed E-state index contributed by atoms with van der Waals surface area (Å²) in [5.41, 5.74) is 4.48. The minimum Gasteiger partial charge on any atom is -0.496 e. The van der Waals surface area contributed by atoms with Crippen molar-refractivity contribution in [2.75, 3.05) is 24.9 Å². The third-order valence-corrected chi connectivity index (χ3v) is 11.3. The summed E-state index contributed by atoms with van der Waals surface area (Å²) in [6, 6.07) is 36.9. The van der Waals surface area contributed by atoms with Gasteiger partial charge >= 0.3 is 0 Å². The van der Waals surface area contributed by atoms with Gasteiger partial charge in [-0.15, -0.1) is 11.3 Å². The number of likely N-dealkylation sites (tertiary alicyclic amines) is 1. The first-order valence-electron chi connectivity index (χ1n) is 16.2. The van der Waals surface area contributed by atoms with Gasteiger partial charge in [0.15, 0.2) is 5.78 Å². The van der Waals surface area contributed by atoms with Crippen LogP contribution in [0.1, 0.15) is 39.9 Å². The lowest BCUT2D eigenvalue weighted by Crippen LogP contribution is -2.19. The molecular weight excluding hydrogens is 653 g/mol. The maximum absolute atomic E-state index is 14.5. The standard InChI is InChI=1S/C40H36N2O5S2/c1-46-36-24-30(14-15-31(36)26-42-22-8-9-23-42)39(43)38-35-21-20-33(47-27-28-10-4-2-5-11-28)25-37(35)48-40(38)29-16-18-32(19-17-29)41-49(44,45)34-12-6-3-7-13-34/h2-7,10-21,24-25,41H,8-9,22-23,26-27H2,1H3. The van der Waals surface area contributed by atoms with E-state index in [0.29, 0.717) is 34.9 Å². The largest absolute Gasteiger partial charge is 0.496 e. The predicted octanol–water partition coefficient (Wildman–Crippen LogP) is 8.78. The van der Waals surface area contributed by atoms with E-state index in [4.69, 9.17) is 9.47 Å².